The summed E-state index contributed by atoms with van der Waals surface area (Å²) in [5, 5.41) is 3.58. The highest BCUT2D eigenvalue weighted by Gasteiger charge is 2.22. The minimum Gasteiger partial charge on any atom is -0.312 e. The second-order valence-corrected chi connectivity index (χ2v) is 3.60. The SMILES string of the molecule is CC.CCC1CCC(C)NC1C. The van der Waals surface area contributed by atoms with Crippen molar-refractivity contribution in [2.75, 3.05) is 0 Å². The maximum atomic E-state index is 3.58. The molecule has 1 rings (SSSR count). The van der Waals surface area contributed by atoms with Crippen molar-refractivity contribution in [3.63, 3.8) is 0 Å². The molecule has 0 aliphatic carbocycles. The van der Waals surface area contributed by atoms with Gasteiger partial charge < -0.3 is 5.32 Å². The van der Waals surface area contributed by atoms with Crippen molar-refractivity contribution in [2.45, 2.75) is 66.0 Å². The van der Waals surface area contributed by atoms with Crippen LogP contribution in [0.4, 0.5) is 0 Å². The van der Waals surface area contributed by atoms with Gasteiger partial charge in [0.15, 0.2) is 0 Å². The highest BCUT2D eigenvalue weighted by molar-refractivity contribution is 4.80. The van der Waals surface area contributed by atoms with Crippen LogP contribution in [0.3, 0.4) is 0 Å². The zero-order valence-electron chi connectivity index (χ0n) is 9.35. The highest BCUT2D eigenvalue weighted by atomic mass is 15.0. The fraction of sp³-hybridized carbons (Fsp3) is 1.00. The van der Waals surface area contributed by atoms with Gasteiger partial charge in [-0.3, -0.25) is 0 Å². The third-order valence-corrected chi connectivity index (χ3v) is 2.75. The lowest BCUT2D eigenvalue weighted by Gasteiger charge is -2.33. The van der Waals surface area contributed by atoms with Crippen molar-refractivity contribution in [2.24, 2.45) is 5.92 Å². The summed E-state index contributed by atoms with van der Waals surface area (Å²) in [7, 11) is 0. The van der Waals surface area contributed by atoms with E-state index in [1.165, 1.54) is 19.3 Å². The molecule has 0 bridgehead atoms. The molecule has 1 nitrogen and oxygen atoms in total. The maximum Gasteiger partial charge on any atom is 0.00693 e. The van der Waals surface area contributed by atoms with E-state index in [1.54, 1.807) is 0 Å². The highest BCUT2D eigenvalue weighted by Crippen LogP contribution is 2.21. The molecule has 1 heteroatoms. The maximum absolute atomic E-state index is 3.58. The van der Waals surface area contributed by atoms with Crippen LogP contribution < -0.4 is 5.32 Å². The molecule has 3 unspecified atom stereocenters. The molecule has 3 atom stereocenters. The second-order valence-electron chi connectivity index (χ2n) is 3.60. The minimum atomic E-state index is 0.744. The van der Waals surface area contributed by atoms with Gasteiger partial charge >= 0.3 is 0 Å². The van der Waals surface area contributed by atoms with Gasteiger partial charge in [0.2, 0.25) is 0 Å². The second kappa shape index (κ2) is 6.47. The minimum absolute atomic E-state index is 0.744. The number of piperidine rings is 1. The van der Waals surface area contributed by atoms with Crippen molar-refractivity contribution in [3.8, 4) is 0 Å². The summed E-state index contributed by atoms with van der Waals surface area (Å²) in [6, 6.07) is 1.49. The molecule has 1 fully saturated rings. The lowest BCUT2D eigenvalue weighted by atomic mass is 9.87. The first-order valence-electron chi connectivity index (χ1n) is 5.50. The monoisotopic (exact) mass is 171 g/mol. The third-order valence-electron chi connectivity index (χ3n) is 2.75. The topological polar surface area (TPSA) is 12.0 Å². The zero-order chi connectivity index (χ0) is 9.56. The number of hydrogen-bond acceptors (Lipinski definition) is 1. The van der Waals surface area contributed by atoms with Crippen LogP contribution in [-0.4, -0.2) is 12.1 Å². The van der Waals surface area contributed by atoms with Gasteiger partial charge in [-0.05, 0) is 32.6 Å². The molecular weight excluding hydrogens is 146 g/mol. The van der Waals surface area contributed by atoms with Crippen LogP contribution in [0, 0.1) is 5.92 Å². The van der Waals surface area contributed by atoms with E-state index < -0.39 is 0 Å². The van der Waals surface area contributed by atoms with Gasteiger partial charge in [-0.2, -0.15) is 0 Å². The molecule has 1 saturated heterocycles. The molecule has 0 radical (unpaired) electrons. The first-order valence-corrected chi connectivity index (χ1v) is 5.50. The van der Waals surface area contributed by atoms with Crippen LogP contribution in [0.1, 0.15) is 53.9 Å². The van der Waals surface area contributed by atoms with E-state index >= 15 is 0 Å². The standard InChI is InChI=1S/C9H19N.C2H6/c1-4-9-6-5-7(2)10-8(9)3;1-2/h7-10H,4-6H2,1-3H3;1-2H3. The Balaban J connectivity index is 0.000000561. The van der Waals surface area contributed by atoms with Crippen LogP contribution in [0.5, 0.6) is 0 Å². The van der Waals surface area contributed by atoms with Gasteiger partial charge in [-0.15, -0.1) is 0 Å². The molecule has 0 spiro atoms. The molecule has 1 N–H and O–H groups in total. The van der Waals surface area contributed by atoms with Gasteiger partial charge in [0.1, 0.15) is 0 Å². The zero-order valence-corrected chi connectivity index (χ0v) is 9.35. The molecular formula is C11H25N. The molecule has 1 aliphatic rings. The van der Waals surface area contributed by atoms with Gasteiger partial charge in [-0.1, -0.05) is 27.2 Å². The average Bonchev–Trinajstić information content (AvgIpc) is 2.08. The van der Waals surface area contributed by atoms with E-state index in [2.05, 4.69) is 26.1 Å². The summed E-state index contributed by atoms with van der Waals surface area (Å²) in [5.41, 5.74) is 0. The molecule has 1 heterocycles. The Morgan fingerprint density at radius 1 is 1.17 bits per heavy atom. The average molecular weight is 171 g/mol. The van der Waals surface area contributed by atoms with Crippen LogP contribution in [0.2, 0.25) is 0 Å². The van der Waals surface area contributed by atoms with Gasteiger partial charge in [0.25, 0.3) is 0 Å². The van der Waals surface area contributed by atoms with Crippen molar-refractivity contribution in [3.05, 3.63) is 0 Å². The summed E-state index contributed by atoms with van der Waals surface area (Å²) in [6.45, 7) is 10.9. The Labute approximate surface area is 77.9 Å². The fourth-order valence-corrected chi connectivity index (χ4v) is 1.94. The van der Waals surface area contributed by atoms with E-state index in [1.807, 2.05) is 13.8 Å². The van der Waals surface area contributed by atoms with E-state index in [0.29, 0.717) is 0 Å². The van der Waals surface area contributed by atoms with Gasteiger partial charge in [0, 0.05) is 12.1 Å². The van der Waals surface area contributed by atoms with E-state index in [-0.39, 0.29) is 0 Å². The molecule has 0 aromatic rings. The van der Waals surface area contributed by atoms with Crippen LogP contribution in [0.15, 0.2) is 0 Å². The summed E-state index contributed by atoms with van der Waals surface area (Å²) < 4.78 is 0. The Kier molecular flexibility index (Phi) is 6.45. The summed E-state index contributed by atoms with van der Waals surface area (Å²) in [5.74, 6) is 0.927. The van der Waals surface area contributed by atoms with E-state index in [4.69, 9.17) is 0 Å². The van der Waals surface area contributed by atoms with E-state index in [9.17, 15) is 0 Å². The molecule has 0 aromatic heterocycles. The predicted molar refractivity (Wildman–Crippen MR) is 56.4 cm³/mol. The van der Waals surface area contributed by atoms with Crippen LogP contribution in [-0.2, 0) is 0 Å². The normalized spacial score (nSPS) is 35.2. The summed E-state index contributed by atoms with van der Waals surface area (Å²) in [6.07, 6.45) is 4.12. The Hall–Kier alpha value is -0.0400. The molecule has 0 aromatic carbocycles. The first-order chi connectivity index (χ1) is 5.74. The quantitative estimate of drug-likeness (QED) is 0.639. The van der Waals surface area contributed by atoms with Crippen molar-refractivity contribution >= 4 is 0 Å². The Morgan fingerprint density at radius 2 is 1.75 bits per heavy atom. The third kappa shape index (κ3) is 3.57. The van der Waals surface area contributed by atoms with Crippen molar-refractivity contribution in [1.82, 2.24) is 5.32 Å². The van der Waals surface area contributed by atoms with Gasteiger partial charge in [0.05, 0.1) is 0 Å². The molecule has 12 heavy (non-hydrogen) atoms. The number of rotatable bonds is 1. The van der Waals surface area contributed by atoms with Gasteiger partial charge in [-0.25, -0.2) is 0 Å². The lowest BCUT2D eigenvalue weighted by molar-refractivity contribution is 0.247. The summed E-state index contributed by atoms with van der Waals surface area (Å²) in [4.78, 5) is 0. The summed E-state index contributed by atoms with van der Waals surface area (Å²) >= 11 is 0. The van der Waals surface area contributed by atoms with Crippen LogP contribution >= 0.6 is 0 Å². The predicted octanol–water partition coefficient (Wildman–Crippen LogP) is 3.20. The molecule has 1 aliphatic heterocycles. The first kappa shape index (κ1) is 12.0. The molecule has 0 amide bonds. The number of nitrogens with one attached hydrogen (secondary N) is 1. The largest absolute Gasteiger partial charge is 0.312 e. The van der Waals surface area contributed by atoms with E-state index in [0.717, 1.165) is 18.0 Å². The smallest absolute Gasteiger partial charge is 0.00693 e. The fourth-order valence-electron chi connectivity index (χ4n) is 1.94. The lowest BCUT2D eigenvalue weighted by Crippen LogP contribution is -2.44. The van der Waals surface area contributed by atoms with Crippen molar-refractivity contribution in [1.29, 1.82) is 0 Å². The number of hydrogen-bond donors (Lipinski definition) is 1. The Morgan fingerprint density at radius 3 is 2.17 bits per heavy atom. The van der Waals surface area contributed by atoms with Crippen molar-refractivity contribution < 1.29 is 0 Å². The van der Waals surface area contributed by atoms with Crippen LogP contribution in [0.25, 0.3) is 0 Å². The molecule has 0 saturated carbocycles. The Bertz CT molecular complexity index is 101. The molecule has 74 valence electrons.